The van der Waals surface area contributed by atoms with Gasteiger partial charge in [0.25, 0.3) is 0 Å². The van der Waals surface area contributed by atoms with E-state index in [4.69, 9.17) is 17.3 Å². The number of hydrogen-bond acceptors (Lipinski definition) is 5. The van der Waals surface area contributed by atoms with Crippen LogP contribution in [-0.4, -0.2) is 46.7 Å². The normalized spacial score (nSPS) is 25.1. The van der Waals surface area contributed by atoms with Crippen LogP contribution in [0.25, 0.3) is 10.9 Å². The summed E-state index contributed by atoms with van der Waals surface area (Å²) in [5.41, 5.74) is 6.73. The summed E-state index contributed by atoms with van der Waals surface area (Å²) in [7, 11) is 0. The van der Waals surface area contributed by atoms with Gasteiger partial charge in [0, 0.05) is 42.2 Å². The van der Waals surface area contributed by atoms with Crippen molar-refractivity contribution in [2.75, 3.05) is 18.0 Å². The highest BCUT2D eigenvalue weighted by molar-refractivity contribution is 6.38. The minimum absolute atomic E-state index is 0.0218. The van der Waals surface area contributed by atoms with Crippen molar-refractivity contribution in [1.82, 2.24) is 9.88 Å². The van der Waals surface area contributed by atoms with Gasteiger partial charge in [0.05, 0.1) is 22.3 Å². The summed E-state index contributed by atoms with van der Waals surface area (Å²) >= 11 is 6.88. The molecule has 176 valence electrons. The summed E-state index contributed by atoms with van der Waals surface area (Å²) in [6.07, 6.45) is 5.17. The number of carbonyl (C=O) groups is 2. The van der Waals surface area contributed by atoms with Crippen LogP contribution >= 0.6 is 11.6 Å². The summed E-state index contributed by atoms with van der Waals surface area (Å²) in [6, 6.07) is 3.28. The third-order valence-electron chi connectivity index (χ3n) is 7.54. The molecule has 8 nitrogen and oxygen atoms in total. The Labute approximate surface area is 196 Å². The first-order valence-electron chi connectivity index (χ1n) is 11.5. The molecule has 1 aromatic heterocycles. The number of carbonyl (C=O) groups excluding carboxylic acids is 1. The number of pyridine rings is 1. The molecule has 0 radical (unpaired) electrons. The van der Waals surface area contributed by atoms with E-state index in [-0.39, 0.29) is 34.9 Å². The fourth-order valence-corrected chi connectivity index (χ4v) is 5.49. The van der Waals surface area contributed by atoms with Gasteiger partial charge >= 0.3 is 5.97 Å². The van der Waals surface area contributed by atoms with E-state index < -0.39 is 17.4 Å². The lowest BCUT2D eigenvalue weighted by atomic mass is 10.0. The van der Waals surface area contributed by atoms with Gasteiger partial charge in [0.2, 0.25) is 11.3 Å². The zero-order valence-corrected chi connectivity index (χ0v) is 19.6. The van der Waals surface area contributed by atoms with Crippen LogP contribution in [-0.2, 0) is 4.79 Å². The summed E-state index contributed by atoms with van der Waals surface area (Å²) in [5, 5.41) is 13.4. The summed E-state index contributed by atoms with van der Waals surface area (Å²) in [6.45, 7) is 5.44. The van der Waals surface area contributed by atoms with Crippen molar-refractivity contribution in [3.05, 3.63) is 39.1 Å². The third kappa shape index (κ3) is 3.69. The van der Waals surface area contributed by atoms with Gasteiger partial charge in [-0.05, 0) is 43.7 Å². The van der Waals surface area contributed by atoms with Crippen molar-refractivity contribution >= 4 is 40.1 Å². The number of carboxylic acid groups (broad SMARTS) is 1. The topological polar surface area (TPSA) is 118 Å². The number of rotatable bonds is 6. The first-order valence-corrected chi connectivity index (χ1v) is 11.9. The van der Waals surface area contributed by atoms with Gasteiger partial charge in [-0.25, -0.2) is 4.79 Å². The number of nitrogens with two attached hydrogens (primary N) is 1. The van der Waals surface area contributed by atoms with Crippen LogP contribution in [0, 0.1) is 11.3 Å². The fourth-order valence-electron chi connectivity index (χ4n) is 5.11. The largest absolute Gasteiger partial charge is 0.477 e. The van der Waals surface area contributed by atoms with E-state index in [2.05, 4.69) is 10.2 Å². The summed E-state index contributed by atoms with van der Waals surface area (Å²) < 4.78 is 1.87. The molecule has 2 aromatic rings. The number of halogens is 1. The Morgan fingerprint density at radius 2 is 2.03 bits per heavy atom. The van der Waals surface area contributed by atoms with Gasteiger partial charge in [0.1, 0.15) is 5.56 Å². The predicted molar refractivity (Wildman–Crippen MR) is 127 cm³/mol. The molecule has 1 aromatic carbocycles. The van der Waals surface area contributed by atoms with Crippen molar-refractivity contribution in [2.24, 2.45) is 17.1 Å². The molecule has 1 spiro atoms. The quantitative estimate of drug-likeness (QED) is 0.595. The first kappa shape index (κ1) is 22.2. The van der Waals surface area contributed by atoms with Crippen LogP contribution in [0.2, 0.25) is 5.02 Å². The van der Waals surface area contributed by atoms with Crippen LogP contribution in [0.1, 0.15) is 55.9 Å². The number of benzene rings is 1. The zero-order valence-electron chi connectivity index (χ0n) is 18.8. The van der Waals surface area contributed by atoms with E-state index in [0.29, 0.717) is 15.9 Å². The van der Waals surface area contributed by atoms with Crippen LogP contribution in [0.4, 0.5) is 5.69 Å². The van der Waals surface area contributed by atoms with Crippen molar-refractivity contribution in [3.63, 3.8) is 0 Å². The van der Waals surface area contributed by atoms with Gasteiger partial charge in [-0.1, -0.05) is 25.4 Å². The Morgan fingerprint density at radius 3 is 2.67 bits per heavy atom. The number of hydrogen-bond donors (Lipinski definition) is 3. The van der Waals surface area contributed by atoms with Crippen LogP contribution in [0.3, 0.4) is 0 Å². The molecule has 2 heterocycles. The van der Waals surface area contributed by atoms with E-state index in [9.17, 15) is 19.5 Å². The van der Waals surface area contributed by atoms with E-state index in [1.54, 1.807) is 6.07 Å². The Bertz CT molecular complexity index is 1220. The van der Waals surface area contributed by atoms with Gasteiger partial charge < -0.3 is 25.6 Å². The molecule has 5 rings (SSSR count). The number of anilines is 1. The maximum absolute atomic E-state index is 12.8. The average molecular weight is 473 g/mol. The van der Waals surface area contributed by atoms with Crippen LogP contribution in [0.15, 0.2) is 23.1 Å². The number of nitrogens with zero attached hydrogens (tertiary/aromatic N) is 2. The molecule has 1 aliphatic heterocycles. The van der Waals surface area contributed by atoms with Crippen LogP contribution < -0.4 is 21.4 Å². The van der Waals surface area contributed by atoms with Gasteiger partial charge in [0.15, 0.2) is 0 Å². The number of aromatic carboxylic acids is 1. The monoisotopic (exact) mass is 472 g/mol. The molecular formula is C24H29ClN4O4. The Balaban J connectivity index is 1.43. The highest BCUT2D eigenvalue weighted by Gasteiger charge is 2.58. The standard InChI is InChI=1S/C24H29ClN4O4/c1-12(2)19(26)22(31)27-17-9-24(17)7-8-28(11-24)16-6-5-14-20(18(16)25)29(13-3-4-13)10-15(21(14)30)23(32)33/h5-6,10,12-13,17,19H,3-4,7-9,11,26H2,1-2H3,(H,27,31)(H,32,33). The molecule has 1 amide bonds. The number of amides is 1. The maximum atomic E-state index is 12.8. The van der Waals surface area contributed by atoms with E-state index in [1.807, 2.05) is 24.5 Å². The molecule has 4 N–H and O–H groups in total. The molecule has 1 saturated heterocycles. The number of aromatic nitrogens is 1. The van der Waals surface area contributed by atoms with Crippen LogP contribution in [0.5, 0.6) is 0 Å². The zero-order chi connectivity index (χ0) is 23.7. The second kappa shape index (κ2) is 7.74. The molecule has 3 aliphatic rings. The van der Waals surface area contributed by atoms with E-state index in [1.165, 1.54) is 6.20 Å². The van der Waals surface area contributed by atoms with Gasteiger partial charge in [-0.3, -0.25) is 9.59 Å². The molecular weight excluding hydrogens is 444 g/mol. The van der Waals surface area contributed by atoms with Crippen molar-refractivity contribution in [3.8, 4) is 0 Å². The molecule has 33 heavy (non-hydrogen) atoms. The minimum Gasteiger partial charge on any atom is -0.477 e. The molecule has 2 saturated carbocycles. The lowest BCUT2D eigenvalue weighted by Gasteiger charge is -2.23. The van der Waals surface area contributed by atoms with Crippen molar-refractivity contribution < 1.29 is 14.7 Å². The predicted octanol–water partition coefficient (Wildman–Crippen LogP) is 2.76. The number of carboxylic acids is 1. The third-order valence-corrected chi connectivity index (χ3v) is 7.91. The van der Waals surface area contributed by atoms with Crippen molar-refractivity contribution in [2.45, 2.75) is 57.7 Å². The summed E-state index contributed by atoms with van der Waals surface area (Å²) in [4.78, 5) is 39.0. The average Bonchev–Trinajstić information content (AvgIpc) is 3.67. The smallest absolute Gasteiger partial charge is 0.341 e. The minimum atomic E-state index is -1.23. The molecule has 3 atom stereocenters. The highest BCUT2D eigenvalue weighted by Crippen LogP contribution is 2.54. The molecule has 0 bridgehead atoms. The summed E-state index contributed by atoms with van der Waals surface area (Å²) in [5.74, 6) is -1.24. The Hall–Kier alpha value is -2.58. The fraction of sp³-hybridized carbons (Fsp3) is 0.542. The second-order valence-electron chi connectivity index (χ2n) is 10.2. The Morgan fingerprint density at radius 1 is 1.30 bits per heavy atom. The second-order valence-corrected chi connectivity index (χ2v) is 10.6. The number of nitrogens with one attached hydrogen (secondary N) is 1. The SMILES string of the molecule is CC(C)C(N)C(=O)NC1CC12CCN(c1ccc3c(=O)c(C(=O)O)cn(C4CC4)c3c1Cl)C2. The van der Waals surface area contributed by atoms with Crippen molar-refractivity contribution in [1.29, 1.82) is 0 Å². The molecule has 9 heteroatoms. The molecule has 3 fully saturated rings. The molecule has 3 unspecified atom stereocenters. The van der Waals surface area contributed by atoms with Gasteiger partial charge in [-0.15, -0.1) is 0 Å². The maximum Gasteiger partial charge on any atom is 0.341 e. The highest BCUT2D eigenvalue weighted by atomic mass is 35.5. The number of fused-ring (bicyclic) bond motifs is 1. The first-order chi connectivity index (χ1) is 15.6. The molecule has 2 aliphatic carbocycles. The Kier molecular flexibility index (Phi) is 5.21. The van der Waals surface area contributed by atoms with E-state index in [0.717, 1.165) is 44.5 Å². The lowest BCUT2D eigenvalue weighted by molar-refractivity contribution is -0.123. The van der Waals surface area contributed by atoms with E-state index >= 15 is 0 Å². The lowest BCUT2D eigenvalue weighted by Crippen LogP contribution is -2.45. The van der Waals surface area contributed by atoms with Gasteiger partial charge in [-0.2, -0.15) is 0 Å².